The Morgan fingerprint density at radius 3 is 1.74 bits per heavy atom. The maximum absolute atomic E-state index is 12.6. The lowest BCUT2D eigenvalue weighted by atomic mass is 9.75. The number of benzene rings is 3. The van der Waals surface area contributed by atoms with Crippen molar-refractivity contribution >= 4 is 35.2 Å². The van der Waals surface area contributed by atoms with Crippen molar-refractivity contribution < 1.29 is 27.5 Å². The number of carbonyl (C=O) groups excluding carboxylic acids is 2. The van der Waals surface area contributed by atoms with E-state index >= 15 is 0 Å². The smallest absolute Gasteiger partial charge is 0.417 e. The van der Waals surface area contributed by atoms with E-state index in [-0.39, 0.29) is 40.7 Å². The molecule has 2 saturated carbocycles. The van der Waals surface area contributed by atoms with Crippen molar-refractivity contribution in [3.05, 3.63) is 124 Å². The quantitative estimate of drug-likeness (QED) is 0.0856. The van der Waals surface area contributed by atoms with Crippen LogP contribution < -0.4 is 15.4 Å². The van der Waals surface area contributed by atoms with Crippen molar-refractivity contribution in [1.29, 1.82) is 0 Å². The lowest BCUT2D eigenvalue weighted by Gasteiger charge is -2.45. The molecule has 2 fully saturated rings. The number of nitrogens with one attached hydrogen (secondary N) is 2. The van der Waals surface area contributed by atoms with Gasteiger partial charge in [-0.1, -0.05) is 84.0 Å². The second kappa shape index (κ2) is 23.0. The predicted molar refractivity (Wildman–Crippen MR) is 245 cm³/mol. The van der Waals surface area contributed by atoms with E-state index in [1.54, 1.807) is 0 Å². The van der Waals surface area contributed by atoms with Crippen LogP contribution in [0, 0.1) is 6.92 Å². The Labute approximate surface area is 375 Å². The molecule has 336 valence electrons. The molecule has 0 radical (unpaired) electrons. The number of carbonyl (C=O) groups is 2. The fourth-order valence-electron chi connectivity index (χ4n) is 8.65. The first kappa shape index (κ1) is 48.9. The minimum Gasteiger partial charge on any atom is -0.493 e. The SMILES string of the molecule is CN(C)C1(Cc2ccccc2)CCC(NC(=O)CSc2ccc(C(F)(F)F)cn2)CC1.Cc1cc(Cl)ccc1OCCCC(=O)NC1CCC(Cc2ccccc2)(N(C)C)CC1. The minimum atomic E-state index is -4.41. The summed E-state index contributed by atoms with van der Waals surface area (Å²) in [6.07, 6.45) is 7.67. The van der Waals surface area contributed by atoms with Gasteiger partial charge in [-0.05, 0) is 153 Å². The van der Waals surface area contributed by atoms with E-state index in [2.05, 4.69) is 108 Å². The Morgan fingerprint density at radius 2 is 1.29 bits per heavy atom. The number of halogens is 4. The van der Waals surface area contributed by atoms with Crippen LogP contribution in [0.3, 0.4) is 0 Å². The van der Waals surface area contributed by atoms with Crippen molar-refractivity contribution in [3.8, 4) is 5.75 Å². The number of hydrogen-bond acceptors (Lipinski definition) is 7. The lowest BCUT2D eigenvalue weighted by molar-refractivity contribution is -0.138. The monoisotopic (exact) mass is 893 g/mol. The summed E-state index contributed by atoms with van der Waals surface area (Å²) in [5, 5.41) is 7.44. The van der Waals surface area contributed by atoms with Gasteiger partial charge in [-0.15, -0.1) is 0 Å². The summed E-state index contributed by atoms with van der Waals surface area (Å²) in [5.41, 5.74) is 3.19. The van der Waals surface area contributed by atoms with Gasteiger partial charge >= 0.3 is 6.18 Å². The van der Waals surface area contributed by atoms with E-state index in [4.69, 9.17) is 16.3 Å². The molecule has 6 rings (SSSR count). The molecule has 2 aliphatic carbocycles. The van der Waals surface area contributed by atoms with Gasteiger partial charge in [0.15, 0.2) is 0 Å². The van der Waals surface area contributed by atoms with Gasteiger partial charge in [0.1, 0.15) is 5.75 Å². The number of thioether (sulfide) groups is 1. The summed E-state index contributed by atoms with van der Waals surface area (Å²) in [4.78, 5) is 33.3. The van der Waals surface area contributed by atoms with E-state index in [0.29, 0.717) is 29.5 Å². The second-order valence-corrected chi connectivity index (χ2v) is 18.7. The summed E-state index contributed by atoms with van der Waals surface area (Å²) >= 11 is 7.12. The fourth-order valence-corrected chi connectivity index (χ4v) is 9.53. The number of likely N-dealkylation sites (N-methyl/N-ethyl adjacent to an activating group) is 2. The topological polar surface area (TPSA) is 86.8 Å². The molecule has 0 spiro atoms. The first-order chi connectivity index (χ1) is 29.6. The molecule has 13 heteroatoms. The molecular weight excluding hydrogens is 831 g/mol. The summed E-state index contributed by atoms with van der Waals surface area (Å²) in [7, 11) is 8.61. The van der Waals surface area contributed by atoms with Crippen LogP contribution in [-0.4, -0.2) is 90.3 Å². The highest BCUT2D eigenvalue weighted by molar-refractivity contribution is 7.99. The first-order valence-corrected chi connectivity index (χ1v) is 23.0. The summed E-state index contributed by atoms with van der Waals surface area (Å²) in [6.45, 7) is 2.50. The van der Waals surface area contributed by atoms with Crippen LogP contribution in [0.4, 0.5) is 13.2 Å². The molecule has 2 aliphatic rings. The number of rotatable bonds is 16. The number of amides is 2. The van der Waals surface area contributed by atoms with E-state index in [9.17, 15) is 22.8 Å². The Balaban J connectivity index is 0.000000234. The maximum Gasteiger partial charge on any atom is 0.417 e. The van der Waals surface area contributed by atoms with Gasteiger partial charge in [0.25, 0.3) is 0 Å². The molecule has 1 heterocycles. The Bertz CT molecular complexity index is 1990. The van der Waals surface area contributed by atoms with Gasteiger partial charge in [0, 0.05) is 40.8 Å². The van der Waals surface area contributed by atoms with Crippen molar-refractivity contribution in [3.63, 3.8) is 0 Å². The van der Waals surface area contributed by atoms with Gasteiger partial charge in [-0.25, -0.2) is 4.98 Å². The number of pyridine rings is 1. The molecule has 1 aromatic heterocycles. The van der Waals surface area contributed by atoms with E-state index in [1.165, 1.54) is 17.2 Å². The summed E-state index contributed by atoms with van der Waals surface area (Å²) in [5.74, 6) is 0.979. The Hall–Kier alpha value is -4.10. The summed E-state index contributed by atoms with van der Waals surface area (Å²) < 4.78 is 43.6. The van der Waals surface area contributed by atoms with Crippen LogP contribution in [-0.2, 0) is 28.6 Å². The van der Waals surface area contributed by atoms with Crippen LogP contribution in [0.2, 0.25) is 5.02 Å². The van der Waals surface area contributed by atoms with Crippen LogP contribution in [0.15, 0.2) is 102 Å². The molecule has 3 aromatic carbocycles. The Kier molecular flexibility index (Phi) is 18.2. The molecule has 0 saturated heterocycles. The molecule has 0 bridgehead atoms. The lowest BCUT2D eigenvalue weighted by Crippen LogP contribution is -2.52. The molecule has 0 unspecified atom stereocenters. The number of ether oxygens (including phenoxy) is 1. The van der Waals surface area contributed by atoms with Gasteiger partial charge in [0.2, 0.25) is 11.8 Å². The number of alkyl halides is 3. The molecule has 2 N–H and O–H groups in total. The average molecular weight is 895 g/mol. The van der Waals surface area contributed by atoms with Gasteiger partial charge in [-0.3, -0.25) is 9.59 Å². The third-order valence-electron chi connectivity index (χ3n) is 12.6. The van der Waals surface area contributed by atoms with E-state index in [0.717, 1.165) is 99.5 Å². The molecule has 4 aromatic rings. The van der Waals surface area contributed by atoms with Crippen molar-refractivity contribution in [2.45, 2.75) is 118 Å². The van der Waals surface area contributed by atoms with Crippen LogP contribution in [0.5, 0.6) is 5.75 Å². The third kappa shape index (κ3) is 14.7. The molecule has 62 heavy (non-hydrogen) atoms. The molecule has 0 aliphatic heterocycles. The highest BCUT2D eigenvalue weighted by Crippen LogP contribution is 2.37. The molecule has 0 atom stereocenters. The van der Waals surface area contributed by atoms with Crippen LogP contribution in [0.1, 0.15) is 86.5 Å². The zero-order valence-electron chi connectivity index (χ0n) is 36.8. The normalized spacial score (nSPS) is 21.5. The Morgan fingerprint density at radius 1 is 0.774 bits per heavy atom. The van der Waals surface area contributed by atoms with Crippen molar-refractivity contribution in [2.75, 3.05) is 40.6 Å². The van der Waals surface area contributed by atoms with Crippen LogP contribution >= 0.6 is 23.4 Å². The second-order valence-electron chi connectivity index (χ2n) is 17.3. The van der Waals surface area contributed by atoms with Gasteiger partial charge in [-0.2, -0.15) is 13.2 Å². The zero-order valence-corrected chi connectivity index (χ0v) is 38.4. The fraction of sp³-hybridized carbons (Fsp3) is 0.490. The highest BCUT2D eigenvalue weighted by atomic mass is 35.5. The largest absolute Gasteiger partial charge is 0.493 e. The summed E-state index contributed by atoms with van der Waals surface area (Å²) in [6, 6.07) is 29.5. The number of aromatic nitrogens is 1. The standard InChI is InChI=1S/C26H35ClN2O2.C23H28F3N3OS/c1-20-18-22(27)11-12-24(20)31-17-7-10-25(30)28-23-13-15-26(16-14-23,29(2)3)19-21-8-5-4-6-9-21;1-29(2)22(14-17-6-4-3-5-7-17)12-10-19(11-13-22)28-20(30)16-31-21-9-8-18(15-27-21)23(24,25)26/h4-6,8-9,11-12,18,23H,7,10,13-17,19H2,1-3H3,(H,28,30);3-9,15,19H,10-14,16H2,1-2H3,(H,28,30). The molecule has 8 nitrogen and oxygen atoms in total. The number of hydrogen-bond donors (Lipinski definition) is 2. The van der Waals surface area contributed by atoms with Crippen molar-refractivity contribution in [1.82, 2.24) is 25.4 Å². The predicted octanol–water partition coefficient (Wildman–Crippen LogP) is 10.2. The van der Waals surface area contributed by atoms with E-state index in [1.807, 2.05) is 31.2 Å². The zero-order chi connectivity index (χ0) is 44.8. The average Bonchev–Trinajstić information content (AvgIpc) is 3.24. The van der Waals surface area contributed by atoms with E-state index < -0.39 is 11.7 Å². The highest BCUT2D eigenvalue weighted by Gasteiger charge is 2.39. The van der Waals surface area contributed by atoms with Gasteiger partial charge in [0.05, 0.1) is 22.9 Å². The van der Waals surface area contributed by atoms with Crippen LogP contribution in [0.25, 0.3) is 0 Å². The maximum atomic E-state index is 12.6. The number of nitrogens with zero attached hydrogens (tertiary/aromatic N) is 3. The minimum absolute atomic E-state index is 0.0848. The van der Waals surface area contributed by atoms with Crippen molar-refractivity contribution in [2.24, 2.45) is 0 Å². The number of aryl methyl sites for hydroxylation is 1. The first-order valence-electron chi connectivity index (χ1n) is 21.6. The molecule has 2 amide bonds. The third-order valence-corrected chi connectivity index (χ3v) is 13.7. The van der Waals surface area contributed by atoms with Gasteiger partial charge < -0.3 is 25.2 Å². The molecular formula is C49H63ClF3N5O3S.